The largest absolute Gasteiger partial charge is 0.417 e. The van der Waals surface area contributed by atoms with E-state index >= 15 is 0 Å². The zero-order chi connectivity index (χ0) is 16.4. The molecule has 23 heavy (non-hydrogen) atoms. The first kappa shape index (κ1) is 15.3. The summed E-state index contributed by atoms with van der Waals surface area (Å²) in [6.07, 6.45) is -4.52. The fraction of sp³-hybridized carbons (Fsp3) is 0.118. The molecule has 3 nitrogen and oxygen atoms in total. The zero-order valence-corrected chi connectivity index (χ0v) is 11.8. The highest BCUT2D eigenvalue weighted by atomic mass is 19.4. The lowest BCUT2D eigenvalue weighted by molar-refractivity contribution is -0.137. The zero-order valence-electron chi connectivity index (χ0n) is 11.8. The Labute approximate surface area is 130 Å². The third-order valence-corrected chi connectivity index (χ3v) is 3.47. The van der Waals surface area contributed by atoms with Gasteiger partial charge in [-0.25, -0.2) is 0 Å². The molecule has 6 heteroatoms. The minimum absolute atomic E-state index is 0.000668. The minimum Gasteiger partial charge on any atom is -0.391 e. The molecule has 0 saturated heterocycles. The molecule has 0 saturated carbocycles. The van der Waals surface area contributed by atoms with E-state index in [4.69, 9.17) is 4.52 Å². The summed E-state index contributed by atoms with van der Waals surface area (Å²) >= 11 is 0. The van der Waals surface area contributed by atoms with Crippen molar-refractivity contribution in [1.29, 1.82) is 0 Å². The van der Waals surface area contributed by atoms with E-state index in [-0.39, 0.29) is 22.6 Å². The average molecular weight is 319 g/mol. The van der Waals surface area contributed by atoms with Gasteiger partial charge in [-0.05, 0) is 6.07 Å². The second-order valence-electron chi connectivity index (χ2n) is 4.91. The first-order valence-corrected chi connectivity index (χ1v) is 6.84. The van der Waals surface area contributed by atoms with E-state index < -0.39 is 18.3 Å². The second-order valence-corrected chi connectivity index (χ2v) is 4.91. The Morgan fingerprint density at radius 2 is 1.61 bits per heavy atom. The van der Waals surface area contributed by atoms with Crippen molar-refractivity contribution >= 4 is 0 Å². The molecule has 1 heterocycles. The van der Waals surface area contributed by atoms with Crippen molar-refractivity contribution in [2.75, 3.05) is 0 Å². The van der Waals surface area contributed by atoms with Gasteiger partial charge in [0.05, 0.1) is 17.7 Å². The van der Waals surface area contributed by atoms with Crippen LogP contribution in [0.5, 0.6) is 0 Å². The van der Waals surface area contributed by atoms with Crippen LogP contribution >= 0.6 is 0 Å². The van der Waals surface area contributed by atoms with Crippen LogP contribution in [0, 0.1) is 0 Å². The monoisotopic (exact) mass is 319 g/mol. The molecule has 0 bridgehead atoms. The van der Waals surface area contributed by atoms with Gasteiger partial charge in [-0.3, -0.25) is 0 Å². The maximum absolute atomic E-state index is 13.2. The van der Waals surface area contributed by atoms with E-state index in [0.717, 1.165) is 6.07 Å². The maximum atomic E-state index is 13.2. The van der Waals surface area contributed by atoms with Crippen molar-refractivity contribution in [2.24, 2.45) is 0 Å². The number of hydrogen-bond donors (Lipinski definition) is 1. The Hall–Kier alpha value is -2.60. The Kier molecular flexibility index (Phi) is 3.92. The maximum Gasteiger partial charge on any atom is 0.417 e. The molecule has 0 unspecified atom stereocenters. The molecule has 0 aliphatic heterocycles. The number of benzene rings is 2. The lowest BCUT2D eigenvalue weighted by atomic mass is 9.99. The van der Waals surface area contributed by atoms with Crippen LogP contribution in [-0.4, -0.2) is 10.3 Å². The van der Waals surface area contributed by atoms with E-state index in [1.165, 1.54) is 18.2 Å². The van der Waals surface area contributed by atoms with Gasteiger partial charge in [0.15, 0.2) is 5.76 Å². The number of aliphatic hydroxyl groups excluding tert-OH is 1. The summed E-state index contributed by atoms with van der Waals surface area (Å²) in [4.78, 5) is 0. The fourth-order valence-corrected chi connectivity index (χ4v) is 2.42. The number of alkyl halides is 3. The quantitative estimate of drug-likeness (QED) is 0.772. The highest BCUT2D eigenvalue weighted by Crippen LogP contribution is 2.39. The van der Waals surface area contributed by atoms with Crippen LogP contribution in [0.3, 0.4) is 0 Å². The van der Waals surface area contributed by atoms with Gasteiger partial charge in [-0.2, -0.15) is 13.2 Å². The van der Waals surface area contributed by atoms with Gasteiger partial charge in [0.1, 0.15) is 5.69 Å². The summed E-state index contributed by atoms with van der Waals surface area (Å²) in [5.41, 5.74) is -0.0652. The van der Waals surface area contributed by atoms with E-state index in [2.05, 4.69) is 5.16 Å². The first-order chi connectivity index (χ1) is 11.0. The number of hydrogen-bond acceptors (Lipinski definition) is 3. The smallest absolute Gasteiger partial charge is 0.391 e. The van der Waals surface area contributed by atoms with Crippen molar-refractivity contribution in [3.63, 3.8) is 0 Å². The molecular formula is C17H12F3NO2. The van der Waals surface area contributed by atoms with Crippen molar-refractivity contribution in [3.8, 4) is 22.6 Å². The molecule has 0 fully saturated rings. The van der Waals surface area contributed by atoms with E-state index in [0.29, 0.717) is 5.56 Å². The molecule has 3 rings (SSSR count). The Balaban J connectivity index is 2.18. The van der Waals surface area contributed by atoms with E-state index in [1.807, 2.05) is 0 Å². The summed E-state index contributed by atoms with van der Waals surface area (Å²) in [6.45, 7) is -0.477. The first-order valence-electron chi connectivity index (χ1n) is 6.84. The number of aromatic nitrogens is 1. The molecule has 0 amide bonds. The highest BCUT2D eigenvalue weighted by Gasteiger charge is 2.35. The van der Waals surface area contributed by atoms with Crippen molar-refractivity contribution in [2.45, 2.75) is 12.8 Å². The number of aliphatic hydroxyl groups is 1. The molecular weight excluding hydrogens is 307 g/mol. The molecule has 2 aromatic carbocycles. The predicted octanol–water partition coefficient (Wildman–Crippen LogP) is 4.52. The molecule has 1 N–H and O–H groups in total. The molecule has 0 aliphatic rings. The summed E-state index contributed by atoms with van der Waals surface area (Å²) in [7, 11) is 0. The van der Waals surface area contributed by atoms with Gasteiger partial charge >= 0.3 is 6.18 Å². The fourth-order valence-electron chi connectivity index (χ4n) is 2.42. The van der Waals surface area contributed by atoms with Crippen molar-refractivity contribution < 1.29 is 22.8 Å². The molecule has 3 aromatic rings. The summed E-state index contributed by atoms with van der Waals surface area (Å²) in [5, 5.41) is 13.4. The number of halogens is 3. The molecule has 0 spiro atoms. The van der Waals surface area contributed by atoms with Crippen molar-refractivity contribution in [3.05, 3.63) is 65.7 Å². The minimum atomic E-state index is -4.52. The molecule has 0 aliphatic carbocycles. The predicted molar refractivity (Wildman–Crippen MR) is 78.3 cm³/mol. The van der Waals surface area contributed by atoms with Crippen LogP contribution in [0.4, 0.5) is 13.2 Å². The SMILES string of the molecule is OCc1c(-c2ccccc2C(F)(F)F)noc1-c1ccccc1. The van der Waals surface area contributed by atoms with Crippen LogP contribution in [0.25, 0.3) is 22.6 Å². The van der Waals surface area contributed by atoms with Crippen LogP contribution < -0.4 is 0 Å². The van der Waals surface area contributed by atoms with Gasteiger partial charge < -0.3 is 9.63 Å². The second kappa shape index (κ2) is 5.89. The molecule has 1 aromatic heterocycles. The van der Waals surface area contributed by atoms with Crippen molar-refractivity contribution in [1.82, 2.24) is 5.16 Å². The number of rotatable bonds is 3. The molecule has 0 radical (unpaired) electrons. The van der Waals surface area contributed by atoms with Gasteiger partial charge in [-0.15, -0.1) is 0 Å². The van der Waals surface area contributed by atoms with Gasteiger partial charge in [0, 0.05) is 11.1 Å². The average Bonchev–Trinajstić information content (AvgIpc) is 2.98. The third-order valence-electron chi connectivity index (χ3n) is 3.47. The lowest BCUT2D eigenvalue weighted by Gasteiger charge is -2.11. The topological polar surface area (TPSA) is 46.3 Å². The summed E-state index contributed by atoms with van der Waals surface area (Å²) < 4.78 is 44.8. The van der Waals surface area contributed by atoms with E-state index in [9.17, 15) is 18.3 Å². The summed E-state index contributed by atoms with van der Waals surface area (Å²) in [6, 6.07) is 13.9. The van der Waals surface area contributed by atoms with Crippen LogP contribution in [0.15, 0.2) is 59.1 Å². The summed E-state index contributed by atoms with van der Waals surface area (Å²) in [5.74, 6) is 0.264. The molecule has 0 atom stereocenters. The van der Waals surface area contributed by atoms with Gasteiger partial charge in [-0.1, -0.05) is 53.7 Å². The van der Waals surface area contributed by atoms with Crippen LogP contribution in [0.1, 0.15) is 11.1 Å². The van der Waals surface area contributed by atoms with Crippen LogP contribution in [-0.2, 0) is 12.8 Å². The third kappa shape index (κ3) is 2.85. The Morgan fingerprint density at radius 3 is 2.26 bits per heavy atom. The lowest BCUT2D eigenvalue weighted by Crippen LogP contribution is -2.07. The Morgan fingerprint density at radius 1 is 0.957 bits per heavy atom. The van der Waals surface area contributed by atoms with Gasteiger partial charge in [0.2, 0.25) is 0 Å². The van der Waals surface area contributed by atoms with Crippen LogP contribution in [0.2, 0.25) is 0 Å². The van der Waals surface area contributed by atoms with Gasteiger partial charge in [0.25, 0.3) is 0 Å². The van der Waals surface area contributed by atoms with E-state index in [1.54, 1.807) is 30.3 Å². The molecule has 118 valence electrons. The standard InChI is InChI=1S/C17H12F3NO2/c18-17(19,20)14-9-5-4-8-12(14)15-13(10-22)16(23-21-15)11-6-2-1-3-7-11/h1-9,22H,10H2. The Bertz CT molecular complexity index is 810. The number of nitrogens with zero attached hydrogens (tertiary/aromatic N) is 1. The highest BCUT2D eigenvalue weighted by molar-refractivity contribution is 5.74. The normalized spacial score (nSPS) is 11.7.